The summed E-state index contributed by atoms with van der Waals surface area (Å²) in [6.07, 6.45) is 1.37. The fraction of sp³-hybridized carbons (Fsp3) is 0.125. The van der Waals surface area contributed by atoms with Crippen LogP contribution in [0.15, 0.2) is 71.8 Å². The minimum absolute atomic E-state index is 0.111. The maximum absolute atomic E-state index is 13.7. The Bertz CT molecular complexity index is 1130. The van der Waals surface area contributed by atoms with Gasteiger partial charge in [-0.2, -0.15) is 5.10 Å². The molecule has 0 aliphatic rings. The van der Waals surface area contributed by atoms with Gasteiger partial charge in [-0.15, -0.1) is 0 Å². The molecule has 0 atom stereocenters. The number of hydrogen-bond acceptors (Lipinski definition) is 6. The highest BCUT2D eigenvalue weighted by Crippen LogP contribution is 2.29. The van der Waals surface area contributed by atoms with Gasteiger partial charge in [0.2, 0.25) is 0 Å². The number of esters is 1. The molecule has 0 bridgehead atoms. The van der Waals surface area contributed by atoms with Crippen LogP contribution in [0.1, 0.15) is 33.2 Å². The van der Waals surface area contributed by atoms with Crippen LogP contribution in [0.5, 0.6) is 17.2 Å². The standard InChI is InChI=1S/C24H21FN2O5/c1-3-31-22-14-16(15-26-27-23(28)19-6-4-5-7-20(19)25)8-13-21(22)32-24(29)17-9-11-18(30-2)12-10-17/h4-15H,3H2,1-2H3,(H,27,28)/b26-15+. The quantitative estimate of drug-likeness (QED) is 0.247. The number of carbonyl (C=O) groups is 2. The molecular weight excluding hydrogens is 415 g/mol. The molecule has 1 amide bonds. The average Bonchev–Trinajstić information content (AvgIpc) is 2.81. The number of carbonyl (C=O) groups excluding carboxylic acids is 2. The second-order valence-corrected chi connectivity index (χ2v) is 6.44. The van der Waals surface area contributed by atoms with Gasteiger partial charge in [0, 0.05) is 0 Å². The molecule has 0 fully saturated rings. The van der Waals surface area contributed by atoms with Gasteiger partial charge in [0.1, 0.15) is 11.6 Å². The molecule has 0 aromatic heterocycles. The molecule has 7 nitrogen and oxygen atoms in total. The highest BCUT2D eigenvalue weighted by Gasteiger charge is 2.14. The first-order chi connectivity index (χ1) is 15.5. The molecule has 0 saturated heterocycles. The summed E-state index contributed by atoms with van der Waals surface area (Å²) < 4.78 is 29.8. The first kappa shape index (κ1) is 22.5. The Morgan fingerprint density at radius 1 is 1.03 bits per heavy atom. The van der Waals surface area contributed by atoms with Gasteiger partial charge in [-0.25, -0.2) is 14.6 Å². The van der Waals surface area contributed by atoms with E-state index < -0.39 is 17.7 Å². The number of nitrogens with zero attached hydrogens (tertiary/aromatic N) is 1. The molecule has 3 rings (SSSR count). The Hall–Kier alpha value is -4.20. The summed E-state index contributed by atoms with van der Waals surface area (Å²) in [5.74, 6) is -0.662. The van der Waals surface area contributed by atoms with Gasteiger partial charge >= 0.3 is 5.97 Å². The minimum atomic E-state index is -0.672. The number of ether oxygens (including phenoxy) is 3. The highest BCUT2D eigenvalue weighted by molar-refractivity contribution is 5.95. The van der Waals surface area contributed by atoms with Gasteiger partial charge in [-0.3, -0.25) is 4.79 Å². The Balaban J connectivity index is 1.70. The van der Waals surface area contributed by atoms with E-state index in [4.69, 9.17) is 14.2 Å². The van der Waals surface area contributed by atoms with Gasteiger partial charge in [0.05, 0.1) is 31.1 Å². The van der Waals surface area contributed by atoms with Crippen molar-refractivity contribution in [3.05, 3.63) is 89.2 Å². The lowest BCUT2D eigenvalue weighted by molar-refractivity contribution is 0.0728. The topological polar surface area (TPSA) is 86.2 Å². The van der Waals surface area contributed by atoms with Gasteiger partial charge in [0.15, 0.2) is 11.5 Å². The minimum Gasteiger partial charge on any atom is -0.497 e. The maximum Gasteiger partial charge on any atom is 0.343 e. The van der Waals surface area contributed by atoms with E-state index in [-0.39, 0.29) is 11.3 Å². The van der Waals surface area contributed by atoms with Crippen molar-refractivity contribution < 1.29 is 28.2 Å². The average molecular weight is 436 g/mol. The molecule has 0 unspecified atom stereocenters. The maximum atomic E-state index is 13.7. The number of hydrogen-bond donors (Lipinski definition) is 1. The van der Waals surface area contributed by atoms with E-state index in [2.05, 4.69) is 10.5 Å². The van der Waals surface area contributed by atoms with E-state index in [1.54, 1.807) is 55.5 Å². The van der Waals surface area contributed by atoms with Crippen LogP contribution in [-0.2, 0) is 0 Å². The largest absolute Gasteiger partial charge is 0.497 e. The second-order valence-electron chi connectivity index (χ2n) is 6.44. The van der Waals surface area contributed by atoms with Gasteiger partial charge < -0.3 is 14.2 Å². The van der Waals surface area contributed by atoms with E-state index in [1.807, 2.05) is 0 Å². The highest BCUT2D eigenvalue weighted by atomic mass is 19.1. The van der Waals surface area contributed by atoms with Crippen LogP contribution in [0, 0.1) is 5.82 Å². The fourth-order valence-corrected chi connectivity index (χ4v) is 2.71. The predicted molar refractivity (Wildman–Crippen MR) is 117 cm³/mol. The Morgan fingerprint density at radius 3 is 2.47 bits per heavy atom. The lowest BCUT2D eigenvalue weighted by Crippen LogP contribution is -2.18. The predicted octanol–water partition coefficient (Wildman–Crippen LogP) is 4.22. The zero-order chi connectivity index (χ0) is 22.9. The van der Waals surface area contributed by atoms with Crippen molar-refractivity contribution in [3.63, 3.8) is 0 Å². The third-order valence-electron chi connectivity index (χ3n) is 4.29. The van der Waals surface area contributed by atoms with Crippen LogP contribution in [0.25, 0.3) is 0 Å². The van der Waals surface area contributed by atoms with Gasteiger partial charge in [0.25, 0.3) is 5.91 Å². The van der Waals surface area contributed by atoms with E-state index >= 15 is 0 Å². The summed E-state index contributed by atoms with van der Waals surface area (Å²) in [6.45, 7) is 2.14. The van der Waals surface area contributed by atoms with Crippen LogP contribution >= 0.6 is 0 Å². The molecule has 0 aliphatic carbocycles. The van der Waals surface area contributed by atoms with E-state index in [1.165, 1.54) is 31.5 Å². The Kier molecular flexibility index (Phi) is 7.53. The summed E-state index contributed by atoms with van der Waals surface area (Å²) in [7, 11) is 1.54. The van der Waals surface area contributed by atoms with E-state index in [9.17, 15) is 14.0 Å². The number of benzene rings is 3. The molecular formula is C24H21FN2O5. The molecule has 0 heterocycles. The van der Waals surface area contributed by atoms with Gasteiger partial charge in [-0.1, -0.05) is 12.1 Å². The molecule has 3 aromatic rings. The van der Waals surface area contributed by atoms with E-state index in [0.717, 1.165) is 0 Å². The molecule has 0 aliphatic heterocycles. The smallest absolute Gasteiger partial charge is 0.343 e. The van der Waals surface area contributed by atoms with Crippen molar-refractivity contribution >= 4 is 18.1 Å². The van der Waals surface area contributed by atoms with Crippen LogP contribution in [0.2, 0.25) is 0 Å². The monoisotopic (exact) mass is 436 g/mol. The van der Waals surface area contributed by atoms with Crippen LogP contribution in [0.4, 0.5) is 4.39 Å². The molecule has 8 heteroatoms. The summed E-state index contributed by atoms with van der Waals surface area (Å²) >= 11 is 0. The zero-order valence-electron chi connectivity index (χ0n) is 17.5. The molecule has 164 valence electrons. The van der Waals surface area contributed by atoms with Crippen molar-refractivity contribution in [3.8, 4) is 17.2 Å². The number of hydrazone groups is 1. The summed E-state index contributed by atoms with van der Waals surface area (Å²) in [5.41, 5.74) is 3.09. The molecule has 0 radical (unpaired) electrons. The summed E-state index contributed by atoms with van der Waals surface area (Å²) in [4.78, 5) is 24.5. The van der Waals surface area contributed by atoms with Crippen LogP contribution in [-0.4, -0.2) is 31.8 Å². The lowest BCUT2D eigenvalue weighted by Gasteiger charge is -2.11. The molecule has 0 spiro atoms. The Labute approximate surface area is 184 Å². The molecule has 0 saturated carbocycles. The number of halogens is 1. The van der Waals surface area contributed by atoms with Gasteiger partial charge in [-0.05, 0) is 67.1 Å². The third kappa shape index (κ3) is 5.69. The van der Waals surface area contributed by atoms with Crippen LogP contribution in [0.3, 0.4) is 0 Å². The number of nitrogens with one attached hydrogen (secondary N) is 1. The molecule has 32 heavy (non-hydrogen) atoms. The lowest BCUT2D eigenvalue weighted by atomic mass is 10.2. The number of rotatable bonds is 8. The fourth-order valence-electron chi connectivity index (χ4n) is 2.71. The SMILES string of the molecule is CCOc1cc(/C=N/NC(=O)c2ccccc2F)ccc1OC(=O)c1ccc(OC)cc1. The van der Waals surface area contributed by atoms with Crippen molar-refractivity contribution in [2.75, 3.05) is 13.7 Å². The van der Waals surface area contributed by atoms with E-state index in [0.29, 0.717) is 29.2 Å². The molecule has 1 N–H and O–H groups in total. The number of methoxy groups -OCH3 is 1. The summed E-state index contributed by atoms with van der Waals surface area (Å²) in [5, 5.41) is 3.85. The zero-order valence-corrected chi connectivity index (χ0v) is 17.5. The summed E-state index contributed by atoms with van der Waals surface area (Å²) in [6, 6.07) is 16.9. The first-order valence-electron chi connectivity index (χ1n) is 9.72. The second kappa shape index (κ2) is 10.7. The normalized spacial score (nSPS) is 10.6. The molecule has 3 aromatic carbocycles. The van der Waals surface area contributed by atoms with Crippen LogP contribution < -0.4 is 19.6 Å². The first-order valence-corrected chi connectivity index (χ1v) is 9.72. The van der Waals surface area contributed by atoms with Crippen molar-refractivity contribution in [2.24, 2.45) is 5.10 Å². The Morgan fingerprint density at radius 2 is 1.78 bits per heavy atom. The van der Waals surface area contributed by atoms with Crippen molar-refractivity contribution in [1.29, 1.82) is 0 Å². The number of amides is 1. The van der Waals surface area contributed by atoms with Crippen molar-refractivity contribution in [2.45, 2.75) is 6.92 Å². The third-order valence-corrected chi connectivity index (χ3v) is 4.29. The van der Waals surface area contributed by atoms with Crippen molar-refractivity contribution in [1.82, 2.24) is 5.43 Å².